The summed E-state index contributed by atoms with van der Waals surface area (Å²) < 4.78 is 0. The second-order valence-electron chi connectivity index (χ2n) is 4.38. The molecule has 0 unspecified atom stereocenters. The van der Waals surface area contributed by atoms with Crippen molar-refractivity contribution < 1.29 is 4.79 Å². The Kier molecular flexibility index (Phi) is 3.35. The van der Waals surface area contributed by atoms with Crippen LogP contribution in [0.3, 0.4) is 0 Å². The molecule has 0 atom stereocenters. The summed E-state index contributed by atoms with van der Waals surface area (Å²) in [4.78, 5) is 16.4. The van der Waals surface area contributed by atoms with Crippen LogP contribution in [0.5, 0.6) is 0 Å². The largest absolute Gasteiger partial charge is 0.321 e. The van der Waals surface area contributed by atoms with E-state index in [1.54, 1.807) is 30.5 Å². The lowest BCUT2D eigenvalue weighted by atomic mass is 10.2. The second-order valence-corrected chi connectivity index (χ2v) is 4.81. The third-order valence-corrected chi connectivity index (χ3v) is 3.21. The fourth-order valence-electron chi connectivity index (χ4n) is 1.94. The molecule has 2 aromatic carbocycles. The number of anilines is 1. The average molecular weight is 283 g/mol. The number of rotatable bonds is 2. The van der Waals surface area contributed by atoms with Crippen LogP contribution in [0.15, 0.2) is 60.8 Å². The summed E-state index contributed by atoms with van der Waals surface area (Å²) in [7, 11) is 0. The number of nitrogens with one attached hydrogen (secondary N) is 1. The fraction of sp³-hybridized carbons (Fsp3) is 0. The Bertz CT molecular complexity index is 769. The van der Waals surface area contributed by atoms with E-state index in [1.165, 1.54) is 0 Å². The van der Waals surface area contributed by atoms with Crippen molar-refractivity contribution in [3.63, 3.8) is 0 Å². The normalized spacial score (nSPS) is 10.4. The van der Waals surface area contributed by atoms with Crippen molar-refractivity contribution >= 4 is 34.1 Å². The highest BCUT2D eigenvalue weighted by atomic mass is 35.5. The number of fused-ring (bicyclic) bond motifs is 1. The molecule has 0 aliphatic heterocycles. The molecule has 0 saturated heterocycles. The third kappa shape index (κ3) is 2.63. The van der Waals surface area contributed by atoms with Gasteiger partial charge in [-0.05, 0) is 36.4 Å². The fourth-order valence-corrected chi connectivity index (χ4v) is 2.07. The molecule has 20 heavy (non-hydrogen) atoms. The van der Waals surface area contributed by atoms with Gasteiger partial charge in [-0.3, -0.25) is 9.78 Å². The van der Waals surface area contributed by atoms with Gasteiger partial charge >= 0.3 is 0 Å². The molecule has 0 aliphatic carbocycles. The van der Waals surface area contributed by atoms with Gasteiger partial charge < -0.3 is 5.32 Å². The molecule has 4 heteroatoms. The molecule has 0 aliphatic rings. The van der Waals surface area contributed by atoms with Crippen molar-refractivity contribution in [3.8, 4) is 0 Å². The van der Waals surface area contributed by atoms with Crippen molar-refractivity contribution in [2.24, 2.45) is 0 Å². The van der Waals surface area contributed by atoms with Gasteiger partial charge in [-0.25, -0.2) is 0 Å². The van der Waals surface area contributed by atoms with Crippen molar-refractivity contribution in [2.45, 2.75) is 0 Å². The summed E-state index contributed by atoms with van der Waals surface area (Å²) in [5.41, 5.74) is 2.13. The Morgan fingerprint density at radius 1 is 1.05 bits per heavy atom. The Hall–Kier alpha value is -2.39. The minimum Gasteiger partial charge on any atom is -0.321 e. The van der Waals surface area contributed by atoms with Crippen LogP contribution >= 0.6 is 11.6 Å². The molecule has 0 spiro atoms. The average Bonchev–Trinajstić information content (AvgIpc) is 2.48. The SMILES string of the molecule is O=C(Nc1cnc2ccccc2c1)c1ccc(Cl)cc1. The number of carbonyl (C=O) groups excluding carboxylic acids is 1. The molecule has 3 rings (SSSR count). The van der Waals surface area contributed by atoms with E-state index < -0.39 is 0 Å². The van der Waals surface area contributed by atoms with Crippen LogP contribution in [-0.2, 0) is 0 Å². The number of amides is 1. The first-order valence-corrected chi connectivity index (χ1v) is 6.52. The lowest BCUT2D eigenvalue weighted by Crippen LogP contribution is -2.11. The molecular weight excluding hydrogens is 272 g/mol. The van der Waals surface area contributed by atoms with Gasteiger partial charge in [-0.15, -0.1) is 0 Å². The van der Waals surface area contributed by atoms with Gasteiger partial charge in [0.2, 0.25) is 0 Å². The number of carbonyl (C=O) groups is 1. The van der Waals surface area contributed by atoms with E-state index in [1.807, 2.05) is 30.3 Å². The first-order chi connectivity index (χ1) is 9.72. The number of pyridine rings is 1. The van der Waals surface area contributed by atoms with Gasteiger partial charge in [0.05, 0.1) is 17.4 Å². The molecule has 1 N–H and O–H groups in total. The maximum absolute atomic E-state index is 12.1. The summed E-state index contributed by atoms with van der Waals surface area (Å²) >= 11 is 5.80. The third-order valence-electron chi connectivity index (χ3n) is 2.95. The standard InChI is InChI=1S/C16H11ClN2O/c17-13-7-5-11(6-8-13)16(20)19-14-9-12-3-1-2-4-15(12)18-10-14/h1-10H,(H,19,20). The second kappa shape index (κ2) is 5.31. The Morgan fingerprint density at radius 2 is 1.80 bits per heavy atom. The van der Waals surface area contributed by atoms with E-state index >= 15 is 0 Å². The Balaban J connectivity index is 1.85. The smallest absolute Gasteiger partial charge is 0.255 e. The lowest BCUT2D eigenvalue weighted by molar-refractivity contribution is 0.102. The molecule has 98 valence electrons. The Morgan fingerprint density at radius 3 is 2.60 bits per heavy atom. The van der Waals surface area contributed by atoms with Crippen molar-refractivity contribution in [1.82, 2.24) is 4.98 Å². The molecule has 1 heterocycles. The zero-order chi connectivity index (χ0) is 13.9. The predicted octanol–water partition coefficient (Wildman–Crippen LogP) is 4.14. The molecule has 0 saturated carbocycles. The zero-order valence-corrected chi connectivity index (χ0v) is 11.3. The highest BCUT2D eigenvalue weighted by molar-refractivity contribution is 6.30. The van der Waals surface area contributed by atoms with Gasteiger partial charge in [0.25, 0.3) is 5.91 Å². The van der Waals surface area contributed by atoms with E-state index in [0.29, 0.717) is 16.3 Å². The minimum atomic E-state index is -0.182. The van der Waals surface area contributed by atoms with Crippen LogP contribution in [0, 0.1) is 0 Å². The van der Waals surface area contributed by atoms with Crippen LogP contribution in [0.4, 0.5) is 5.69 Å². The van der Waals surface area contributed by atoms with E-state index in [-0.39, 0.29) is 5.91 Å². The number of hydrogen-bond donors (Lipinski definition) is 1. The summed E-state index contributed by atoms with van der Waals surface area (Å²) in [6.07, 6.45) is 1.65. The summed E-state index contributed by atoms with van der Waals surface area (Å²) in [5, 5.41) is 4.42. The maximum atomic E-state index is 12.1. The summed E-state index contributed by atoms with van der Waals surface area (Å²) in [5.74, 6) is -0.182. The summed E-state index contributed by atoms with van der Waals surface area (Å²) in [6.45, 7) is 0. The maximum Gasteiger partial charge on any atom is 0.255 e. The molecular formula is C16H11ClN2O. The molecule has 1 amide bonds. The molecule has 3 nitrogen and oxygen atoms in total. The van der Waals surface area contributed by atoms with Crippen LogP contribution < -0.4 is 5.32 Å². The monoisotopic (exact) mass is 282 g/mol. The zero-order valence-electron chi connectivity index (χ0n) is 10.5. The number of halogens is 1. The topological polar surface area (TPSA) is 42.0 Å². The van der Waals surface area contributed by atoms with Crippen LogP contribution in [0.1, 0.15) is 10.4 Å². The highest BCUT2D eigenvalue weighted by Gasteiger charge is 2.06. The molecule has 0 bridgehead atoms. The number of aromatic nitrogens is 1. The molecule has 1 aromatic heterocycles. The predicted molar refractivity (Wildman–Crippen MR) is 81.1 cm³/mol. The van der Waals surface area contributed by atoms with Gasteiger partial charge in [0.15, 0.2) is 0 Å². The minimum absolute atomic E-state index is 0.182. The van der Waals surface area contributed by atoms with Gasteiger partial charge in [-0.1, -0.05) is 29.8 Å². The van der Waals surface area contributed by atoms with Gasteiger partial charge in [0.1, 0.15) is 0 Å². The van der Waals surface area contributed by atoms with Crippen LogP contribution in [0.2, 0.25) is 5.02 Å². The lowest BCUT2D eigenvalue weighted by Gasteiger charge is -2.06. The molecule has 0 radical (unpaired) electrons. The summed E-state index contributed by atoms with van der Waals surface area (Å²) in [6, 6.07) is 16.4. The van der Waals surface area contributed by atoms with Crippen molar-refractivity contribution in [1.29, 1.82) is 0 Å². The van der Waals surface area contributed by atoms with E-state index in [4.69, 9.17) is 11.6 Å². The number of nitrogens with zero attached hydrogens (tertiary/aromatic N) is 1. The molecule has 3 aromatic rings. The van der Waals surface area contributed by atoms with Crippen LogP contribution in [0.25, 0.3) is 10.9 Å². The van der Waals surface area contributed by atoms with Crippen molar-refractivity contribution in [3.05, 3.63) is 71.4 Å². The number of hydrogen-bond acceptors (Lipinski definition) is 2. The number of benzene rings is 2. The number of para-hydroxylation sites is 1. The van der Waals surface area contributed by atoms with Gasteiger partial charge in [-0.2, -0.15) is 0 Å². The first-order valence-electron chi connectivity index (χ1n) is 6.14. The first kappa shape index (κ1) is 12.6. The Labute approximate surface area is 121 Å². The van der Waals surface area contributed by atoms with Crippen LogP contribution in [-0.4, -0.2) is 10.9 Å². The van der Waals surface area contributed by atoms with Gasteiger partial charge in [0, 0.05) is 16.0 Å². The molecule has 0 fully saturated rings. The highest BCUT2D eigenvalue weighted by Crippen LogP contribution is 2.17. The van der Waals surface area contributed by atoms with Crippen molar-refractivity contribution in [2.75, 3.05) is 5.32 Å². The van der Waals surface area contributed by atoms with E-state index in [0.717, 1.165) is 10.9 Å². The quantitative estimate of drug-likeness (QED) is 0.767. The van der Waals surface area contributed by atoms with E-state index in [9.17, 15) is 4.79 Å². The van der Waals surface area contributed by atoms with E-state index in [2.05, 4.69) is 10.3 Å².